The van der Waals surface area contributed by atoms with Crippen molar-refractivity contribution in [2.24, 2.45) is 0 Å². The SMILES string of the molecule is O=C1CNCC(=O)N1CCc1cccc(Cl)c1. The van der Waals surface area contributed by atoms with Crippen LogP contribution in [-0.4, -0.2) is 36.3 Å². The van der Waals surface area contributed by atoms with Crippen LogP contribution in [-0.2, 0) is 16.0 Å². The van der Waals surface area contributed by atoms with Crippen LogP contribution in [0.2, 0.25) is 5.02 Å². The molecular formula is C12H13ClN2O2. The average molecular weight is 253 g/mol. The van der Waals surface area contributed by atoms with Gasteiger partial charge in [-0.3, -0.25) is 19.8 Å². The van der Waals surface area contributed by atoms with Crippen molar-refractivity contribution in [1.29, 1.82) is 0 Å². The number of nitrogens with zero attached hydrogens (tertiary/aromatic N) is 1. The average Bonchev–Trinajstić information content (AvgIpc) is 2.28. The molecule has 1 heterocycles. The van der Waals surface area contributed by atoms with Gasteiger partial charge in [-0.25, -0.2) is 0 Å². The number of halogens is 1. The minimum Gasteiger partial charge on any atom is -0.300 e. The van der Waals surface area contributed by atoms with E-state index in [1.807, 2.05) is 18.2 Å². The molecule has 5 heteroatoms. The number of carbonyl (C=O) groups excluding carboxylic acids is 2. The number of piperazine rings is 1. The maximum absolute atomic E-state index is 11.5. The summed E-state index contributed by atoms with van der Waals surface area (Å²) in [5.74, 6) is -0.327. The van der Waals surface area contributed by atoms with Crippen molar-refractivity contribution in [3.05, 3.63) is 34.9 Å². The number of hydrogen-bond acceptors (Lipinski definition) is 3. The van der Waals surface area contributed by atoms with E-state index in [2.05, 4.69) is 5.32 Å². The lowest BCUT2D eigenvalue weighted by atomic mass is 10.1. The van der Waals surface area contributed by atoms with Crippen LogP contribution in [0.5, 0.6) is 0 Å². The third-order valence-electron chi connectivity index (χ3n) is 2.67. The zero-order chi connectivity index (χ0) is 12.3. The van der Waals surface area contributed by atoms with Crippen molar-refractivity contribution in [2.45, 2.75) is 6.42 Å². The molecule has 17 heavy (non-hydrogen) atoms. The van der Waals surface area contributed by atoms with E-state index in [-0.39, 0.29) is 24.9 Å². The highest BCUT2D eigenvalue weighted by atomic mass is 35.5. The van der Waals surface area contributed by atoms with Gasteiger partial charge in [0.15, 0.2) is 0 Å². The number of amides is 2. The van der Waals surface area contributed by atoms with Gasteiger partial charge >= 0.3 is 0 Å². The fraction of sp³-hybridized carbons (Fsp3) is 0.333. The Morgan fingerprint density at radius 3 is 2.59 bits per heavy atom. The molecule has 2 rings (SSSR count). The predicted octanol–water partition coefficient (Wildman–Crippen LogP) is 0.841. The van der Waals surface area contributed by atoms with Crippen LogP contribution in [0.3, 0.4) is 0 Å². The Bertz CT molecular complexity index is 432. The molecule has 0 unspecified atom stereocenters. The molecule has 0 spiro atoms. The summed E-state index contributed by atoms with van der Waals surface area (Å²) in [6.45, 7) is 0.891. The van der Waals surface area contributed by atoms with Crippen LogP contribution < -0.4 is 5.32 Å². The quantitative estimate of drug-likeness (QED) is 0.811. The molecule has 0 aliphatic carbocycles. The van der Waals surface area contributed by atoms with Gasteiger partial charge in [-0.05, 0) is 24.1 Å². The summed E-state index contributed by atoms with van der Waals surface area (Å²) in [5.41, 5.74) is 1.02. The molecule has 1 aliphatic rings. The molecule has 1 aliphatic heterocycles. The number of benzene rings is 1. The van der Waals surface area contributed by atoms with Gasteiger partial charge in [0.1, 0.15) is 0 Å². The van der Waals surface area contributed by atoms with E-state index in [1.165, 1.54) is 4.90 Å². The maximum atomic E-state index is 11.5. The van der Waals surface area contributed by atoms with Gasteiger partial charge < -0.3 is 0 Å². The molecule has 1 N–H and O–H groups in total. The zero-order valence-electron chi connectivity index (χ0n) is 9.28. The first-order chi connectivity index (χ1) is 8.16. The van der Waals surface area contributed by atoms with Crippen molar-refractivity contribution in [3.63, 3.8) is 0 Å². The van der Waals surface area contributed by atoms with Crippen molar-refractivity contribution in [2.75, 3.05) is 19.6 Å². The second-order valence-electron chi connectivity index (χ2n) is 3.92. The number of rotatable bonds is 3. The summed E-state index contributed by atoms with van der Waals surface area (Å²) in [6, 6.07) is 7.44. The summed E-state index contributed by atoms with van der Waals surface area (Å²) in [6.07, 6.45) is 0.637. The first-order valence-corrected chi connectivity index (χ1v) is 5.83. The molecule has 90 valence electrons. The summed E-state index contributed by atoms with van der Waals surface area (Å²) >= 11 is 5.87. The van der Waals surface area contributed by atoms with E-state index >= 15 is 0 Å². The van der Waals surface area contributed by atoms with E-state index in [1.54, 1.807) is 6.07 Å². The molecule has 0 saturated carbocycles. The smallest absolute Gasteiger partial charge is 0.243 e. The van der Waals surface area contributed by atoms with E-state index in [0.717, 1.165) is 5.56 Å². The Kier molecular flexibility index (Phi) is 3.76. The highest BCUT2D eigenvalue weighted by Crippen LogP contribution is 2.11. The third kappa shape index (κ3) is 3.05. The van der Waals surface area contributed by atoms with E-state index in [9.17, 15) is 9.59 Å². The molecule has 4 nitrogen and oxygen atoms in total. The predicted molar refractivity (Wildman–Crippen MR) is 64.7 cm³/mol. The lowest BCUT2D eigenvalue weighted by Gasteiger charge is -2.25. The van der Waals surface area contributed by atoms with E-state index in [4.69, 9.17) is 11.6 Å². The Balaban J connectivity index is 1.97. The van der Waals surface area contributed by atoms with Crippen LogP contribution in [0.25, 0.3) is 0 Å². The molecule has 1 aromatic carbocycles. The van der Waals surface area contributed by atoms with Crippen LogP contribution in [0.4, 0.5) is 0 Å². The van der Waals surface area contributed by atoms with Crippen LogP contribution >= 0.6 is 11.6 Å². The van der Waals surface area contributed by atoms with Gasteiger partial charge in [-0.1, -0.05) is 23.7 Å². The number of hydrogen-bond donors (Lipinski definition) is 1. The monoisotopic (exact) mass is 252 g/mol. The van der Waals surface area contributed by atoms with Crippen LogP contribution in [0, 0.1) is 0 Å². The molecule has 0 bridgehead atoms. The lowest BCUT2D eigenvalue weighted by molar-refractivity contribution is -0.146. The minimum absolute atomic E-state index is 0.164. The molecule has 1 fully saturated rings. The number of imide groups is 1. The van der Waals surface area contributed by atoms with Crippen LogP contribution in [0.1, 0.15) is 5.56 Å². The summed E-state index contributed by atoms with van der Waals surface area (Å²) in [5, 5.41) is 3.43. The Hall–Kier alpha value is -1.39. The fourth-order valence-electron chi connectivity index (χ4n) is 1.79. The molecule has 1 aromatic rings. The second kappa shape index (κ2) is 5.29. The first-order valence-electron chi connectivity index (χ1n) is 5.45. The van der Waals surface area contributed by atoms with Gasteiger partial charge in [0.05, 0.1) is 13.1 Å². The molecule has 2 amide bonds. The molecule has 1 saturated heterocycles. The lowest BCUT2D eigenvalue weighted by Crippen LogP contribution is -2.52. The van der Waals surface area contributed by atoms with Crippen LogP contribution in [0.15, 0.2) is 24.3 Å². The highest BCUT2D eigenvalue weighted by molar-refractivity contribution is 6.30. The largest absolute Gasteiger partial charge is 0.300 e. The topological polar surface area (TPSA) is 49.4 Å². The summed E-state index contributed by atoms with van der Waals surface area (Å²) in [7, 11) is 0. The van der Waals surface area contributed by atoms with Crippen molar-refractivity contribution >= 4 is 23.4 Å². The van der Waals surface area contributed by atoms with Gasteiger partial charge in [-0.15, -0.1) is 0 Å². The van der Waals surface area contributed by atoms with Gasteiger partial charge in [0.25, 0.3) is 0 Å². The molecule has 0 atom stereocenters. The van der Waals surface area contributed by atoms with Crippen molar-refractivity contribution < 1.29 is 9.59 Å². The van der Waals surface area contributed by atoms with Crippen molar-refractivity contribution in [3.8, 4) is 0 Å². The first kappa shape index (κ1) is 12.1. The van der Waals surface area contributed by atoms with E-state index < -0.39 is 0 Å². The summed E-state index contributed by atoms with van der Waals surface area (Å²) < 4.78 is 0. The van der Waals surface area contributed by atoms with Gasteiger partial charge in [-0.2, -0.15) is 0 Å². The third-order valence-corrected chi connectivity index (χ3v) is 2.90. The molecule has 0 radical (unpaired) electrons. The minimum atomic E-state index is -0.164. The van der Waals surface area contributed by atoms with Gasteiger partial charge in [0.2, 0.25) is 11.8 Å². The maximum Gasteiger partial charge on any atom is 0.243 e. The van der Waals surface area contributed by atoms with E-state index in [0.29, 0.717) is 18.0 Å². The highest BCUT2D eigenvalue weighted by Gasteiger charge is 2.24. The molecular weight excluding hydrogens is 240 g/mol. The number of carbonyl (C=O) groups is 2. The normalized spacial score (nSPS) is 16.4. The zero-order valence-corrected chi connectivity index (χ0v) is 10.0. The molecule has 0 aromatic heterocycles. The van der Waals surface area contributed by atoms with Gasteiger partial charge in [0, 0.05) is 11.6 Å². The number of nitrogens with one attached hydrogen (secondary N) is 1. The summed E-state index contributed by atoms with van der Waals surface area (Å²) in [4.78, 5) is 24.3. The Morgan fingerprint density at radius 1 is 1.24 bits per heavy atom. The Labute approximate surface area is 105 Å². The standard InChI is InChI=1S/C12H13ClN2O2/c13-10-3-1-2-9(6-10)4-5-15-11(16)7-14-8-12(15)17/h1-3,6,14H,4-5,7-8H2. The second-order valence-corrected chi connectivity index (χ2v) is 4.36. The Morgan fingerprint density at radius 2 is 1.94 bits per heavy atom. The van der Waals surface area contributed by atoms with Crippen molar-refractivity contribution in [1.82, 2.24) is 10.2 Å². The fourth-order valence-corrected chi connectivity index (χ4v) is 2.00.